The van der Waals surface area contributed by atoms with Crippen molar-refractivity contribution in [1.82, 2.24) is 9.78 Å². The first kappa shape index (κ1) is 14.1. The molecule has 0 aliphatic carbocycles. The number of nitrogens with zero attached hydrogens (tertiary/aromatic N) is 3. The number of anilines is 1. The molecule has 0 fully saturated rings. The summed E-state index contributed by atoms with van der Waals surface area (Å²) < 4.78 is 29.3. The SMILES string of the molecule is CCn1ncc(S(=O)(=O)N2c3ccccc3CC2C)c1C. The maximum atomic E-state index is 13.0. The highest BCUT2D eigenvalue weighted by molar-refractivity contribution is 7.93. The summed E-state index contributed by atoms with van der Waals surface area (Å²) in [6, 6.07) is 7.61. The highest BCUT2D eigenvalue weighted by atomic mass is 32.2. The van der Waals surface area contributed by atoms with Crippen LogP contribution in [0.5, 0.6) is 0 Å². The molecule has 1 aliphatic rings. The lowest BCUT2D eigenvalue weighted by molar-refractivity contribution is 0.582. The fourth-order valence-electron chi connectivity index (χ4n) is 3.01. The van der Waals surface area contributed by atoms with Crippen LogP contribution >= 0.6 is 0 Å². The summed E-state index contributed by atoms with van der Waals surface area (Å²) >= 11 is 0. The third-order valence-corrected chi connectivity index (χ3v) is 6.07. The van der Waals surface area contributed by atoms with E-state index in [0.29, 0.717) is 17.1 Å². The number of benzene rings is 1. The standard InChI is InChI=1S/C15H19N3O2S/c1-4-17-12(3)15(10-16-17)21(19,20)18-11(2)9-13-7-5-6-8-14(13)18/h5-8,10-11H,4,9H2,1-3H3. The topological polar surface area (TPSA) is 55.2 Å². The number of hydrogen-bond acceptors (Lipinski definition) is 3. The lowest BCUT2D eigenvalue weighted by atomic mass is 10.1. The summed E-state index contributed by atoms with van der Waals surface area (Å²) in [4.78, 5) is 0.299. The third kappa shape index (κ3) is 2.05. The Hall–Kier alpha value is -1.82. The maximum absolute atomic E-state index is 13.0. The number of hydrogen-bond donors (Lipinski definition) is 0. The molecule has 0 N–H and O–H groups in total. The van der Waals surface area contributed by atoms with E-state index in [0.717, 1.165) is 17.7 Å². The molecular weight excluding hydrogens is 286 g/mol. The van der Waals surface area contributed by atoms with Gasteiger partial charge in [-0.15, -0.1) is 0 Å². The van der Waals surface area contributed by atoms with E-state index in [4.69, 9.17) is 0 Å². The molecule has 0 amide bonds. The highest BCUT2D eigenvalue weighted by Gasteiger charge is 2.37. The molecule has 1 aliphatic heterocycles. The van der Waals surface area contributed by atoms with E-state index in [1.807, 2.05) is 38.1 Å². The van der Waals surface area contributed by atoms with Crippen LogP contribution in [-0.2, 0) is 23.0 Å². The monoisotopic (exact) mass is 305 g/mol. The molecule has 112 valence electrons. The fraction of sp³-hybridized carbons (Fsp3) is 0.400. The van der Waals surface area contributed by atoms with E-state index in [2.05, 4.69) is 5.10 Å². The first-order valence-corrected chi connectivity index (χ1v) is 8.55. The lowest BCUT2D eigenvalue weighted by Crippen LogP contribution is -2.36. The van der Waals surface area contributed by atoms with Gasteiger partial charge in [-0.05, 0) is 38.8 Å². The fourth-order valence-corrected chi connectivity index (χ4v) is 4.87. The molecule has 0 saturated heterocycles. The molecule has 1 aromatic carbocycles. The van der Waals surface area contributed by atoms with Crippen molar-refractivity contribution in [3.63, 3.8) is 0 Å². The average molecular weight is 305 g/mol. The van der Waals surface area contributed by atoms with Crippen LogP contribution < -0.4 is 4.31 Å². The predicted octanol–water partition coefficient (Wildman–Crippen LogP) is 2.35. The minimum absolute atomic E-state index is 0.0724. The largest absolute Gasteiger partial charge is 0.269 e. The van der Waals surface area contributed by atoms with Gasteiger partial charge in [-0.25, -0.2) is 8.42 Å². The summed E-state index contributed by atoms with van der Waals surface area (Å²) in [5.41, 5.74) is 2.55. The number of aromatic nitrogens is 2. The van der Waals surface area contributed by atoms with Gasteiger partial charge in [-0.3, -0.25) is 8.99 Å². The summed E-state index contributed by atoms with van der Waals surface area (Å²) in [6.45, 7) is 6.35. The summed E-state index contributed by atoms with van der Waals surface area (Å²) in [5.74, 6) is 0. The van der Waals surface area contributed by atoms with Gasteiger partial charge in [0.1, 0.15) is 4.90 Å². The van der Waals surface area contributed by atoms with Crippen molar-refractivity contribution in [1.29, 1.82) is 0 Å². The van der Waals surface area contributed by atoms with Crippen molar-refractivity contribution in [2.75, 3.05) is 4.31 Å². The zero-order valence-corrected chi connectivity index (χ0v) is 13.3. The van der Waals surface area contributed by atoms with Gasteiger partial charge in [0.05, 0.1) is 17.6 Å². The number of aryl methyl sites for hydroxylation is 1. The van der Waals surface area contributed by atoms with Gasteiger partial charge >= 0.3 is 0 Å². The smallest absolute Gasteiger partial charge is 0.267 e. The Labute approximate surface area is 125 Å². The number of rotatable bonds is 3. The van der Waals surface area contributed by atoms with Crippen molar-refractivity contribution in [3.8, 4) is 0 Å². The molecule has 1 aromatic heterocycles. The van der Waals surface area contributed by atoms with Gasteiger partial charge in [-0.2, -0.15) is 5.10 Å². The summed E-state index contributed by atoms with van der Waals surface area (Å²) in [5, 5.41) is 4.16. The quantitative estimate of drug-likeness (QED) is 0.874. The predicted molar refractivity (Wildman–Crippen MR) is 81.9 cm³/mol. The second-order valence-electron chi connectivity index (χ2n) is 5.39. The molecule has 5 nitrogen and oxygen atoms in total. The lowest BCUT2D eigenvalue weighted by Gasteiger charge is -2.24. The van der Waals surface area contributed by atoms with Crippen molar-refractivity contribution in [3.05, 3.63) is 41.7 Å². The molecular formula is C15H19N3O2S. The van der Waals surface area contributed by atoms with Crippen LogP contribution in [-0.4, -0.2) is 24.2 Å². The molecule has 0 radical (unpaired) electrons. The van der Waals surface area contributed by atoms with Crippen molar-refractivity contribution >= 4 is 15.7 Å². The normalized spacial score (nSPS) is 18.0. The minimum atomic E-state index is -3.57. The van der Waals surface area contributed by atoms with E-state index in [9.17, 15) is 8.42 Å². The van der Waals surface area contributed by atoms with Gasteiger partial charge in [-0.1, -0.05) is 18.2 Å². The Bertz CT molecular complexity index is 780. The molecule has 1 unspecified atom stereocenters. The van der Waals surface area contributed by atoms with Crippen LogP contribution in [0.15, 0.2) is 35.4 Å². The Kier molecular flexibility index (Phi) is 3.28. The summed E-state index contributed by atoms with van der Waals surface area (Å²) in [6.07, 6.45) is 2.21. The van der Waals surface area contributed by atoms with Crippen LogP contribution in [0.25, 0.3) is 0 Å². The van der Waals surface area contributed by atoms with Crippen LogP contribution in [0.1, 0.15) is 25.1 Å². The molecule has 1 atom stereocenters. The van der Waals surface area contributed by atoms with E-state index in [-0.39, 0.29) is 6.04 Å². The van der Waals surface area contributed by atoms with Gasteiger partial charge in [0.2, 0.25) is 0 Å². The van der Waals surface area contributed by atoms with Crippen LogP contribution in [0.4, 0.5) is 5.69 Å². The molecule has 0 bridgehead atoms. The van der Waals surface area contributed by atoms with Crippen LogP contribution in [0, 0.1) is 6.92 Å². The molecule has 0 spiro atoms. The van der Waals surface area contributed by atoms with Crippen molar-refractivity contribution in [2.24, 2.45) is 0 Å². The molecule has 6 heteroatoms. The Morgan fingerprint density at radius 1 is 1.33 bits per heavy atom. The summed E-state index contributed by atoms with van der Waals surface area (Å²) in [7, 11) is -3.57. The molecule has 2 aromatic rings. The van der Waals surface area contributed by atoms with Crippen LogP contribution in [0.2, 0.25) is 0 Å². The number of fused-ring (bicyclic) bond motifs is 1. The van der Waals surface area contributed by atoms with Gasteiger partial charge in [0.15, 0.2) is 0 Å². The second kappa shape index (κ2) is 4.87. The maximum Gasteiger partial charge on any atom is 0.267 e. The zero-order valence-electron chi connectivity index (χ0n) is 12.4. The van der Waals surface area contributed by atoms with E-state index in [1.54, 1.807) is 11.6 Å². The molecule has 21 heavy (non-hydrogen) atoms. The zero-order chi connectivity index (χ0) is 15.2. The van der Waals surface area contributed by atoms with Crippen molar-refractivity contribution < 1.29 is 8.42 Å². The number of sulfonamides is 1. The third-order valence-electron chi connectivity index (χ3n) is 4.04. The minimum Gasteiger partial charge on any atom is -0.269 e. The first-order chi connectivity index (χ1) is 9.96. The number of para-hydroxylation sites is 1. The van der Waals surface area contributed by atoms with Gasteiger partial charge in [0, 0.05) is 12.6 Å². The second-order valence-corrected chi connectivity index (χ2v) is 7.18. The molecule has 0 saturated carbocycles. The van der Waals surface area contributed by atoms with E-state index in [1.165, 1.54) is 10.5 Å². The highest BCUT2D eigenvalue weighted by Crippen LogP contribution is 2.36. The molecule has 3 rings (SSSR count). The average Bonchev–Trinajstić information content (AvgIpc) is 2.98. The van der Waals surface area contributed by atoms with Gasteiger partial charge in [0.25, 0.3) is 10.0 Å². The Morgan fingerprint density at radius 3 is 2.71 bits per heavy atom. The van der Waals surface area contributed by atoms with E-state index < -0.39 is 10.0 Å². The molecule has 2 heterocycles. The Balaban J connectivity index is 2.12. The van der Waals surface area contributed by atoms with E-state index >= 15 is 0 Å². The first-order valence-electron chi connectivity index (χ1n) is 7.11. The van der Waals surface area contributed by atoms with Gasteiger partial charge < -0.3 is 0 Å². The Morgan fingerprint density at radius 2 is 2.05 bits per heavy atom. The van der Waals surface area contributed by atoms with Crippen LogP contribution in [0.3, 0.4) is 0 Å². The van der Waals surface area contributed by atoms with Crippen molar-refractivity contribution in [2.45, 2.75) is 44.7 Å².